The van der Waals surface area contributed by atoms with Crippen molar-refractivity contribution < 1.29 is 14.1 Å². The molecule has 0 saturated carbocycles. The van der Waals surface area contributed by atoms with Gasteiger partial charge in [-0.3, -0.25) is 14.5 Å². The summed E-state index contributed by atoms with van der Waals surface area (Å²) >= 11 is 0. The van der Waals surface area contributed by atoms with Crippen LogP contribution in [0.3, 0.4) is 0 Å². The van der Waals surface area contributed by atoms with E-state index in [1.807, 2.05) is 25.9 Å². The molecule has 2 saturated heterocycles. The fourth-order valence-electron chi connectivity index (χ4n) is 4.44. The zero-order valence-electron chi connectivity index (χ0n) is 16.4. The summed E-state index contributed by atoms with van der Waals surface area (Å²) in [7, 11) is 3.62. The van der Waals surface area contributed by atoms with E-state index < -0.39 is 0 Å². The van der Waals surface area contributed by atoms with Crippen molar-refractivity contribution in [3.63, 3.8) is 0 Å². The molecule has 1 spiro atoms. The zero-order chi connectivity index (χ0) is 18.9. The predicted molar refractivity (Wildman–Crippen MR) is 98.0 cm³/mol. The summed E-state index contributed by atoms with van der Waals surface area (Å²) in [5, 5.41) is 3.91. The number of hydrogen-bond acceptors (Lipinski definition) is 5. The van der Waals surface area contributed by atoms with Crippen LogP contribution >= 0.6 is 0 Å². The summed E-state index contributed by atoms with van der Waals surface area (Å²) < 4.78 is 5.17. The molecule has 1 aromatic heterocycles. The molecule has 0 bridgehead atoms. The molecule has 0 radical (unpaired) electrons. The summed E-state index contributed by atoms with van der Waals surface area (Å²) in [5.41, 5.74) is 1.32. The van der Waals surface area contributed by atoms with E-state index in [9.17, 15) is 9.59 Å². The number of amides is 2. The molecule has 1 unspecified atom stereocenters. The fraction of sp³-hybridized carbons (Fsp3) is 0.737. The fourth-order valence-corrected chi connectivity index (χ4v) is 4.44. The van der Waals surface area contributed by atoms with Crippen molar-refractivity contribution in [2.75, 3.05) is 40.3 Å². The van der Waals surface area contributed by atoms with Gasteiger partial charge in [-0.05, 0) is 52.5 Å². The van der Waals surface area contributed by atoms with Crippen molar-refractivity contribution in [1.82, 2.24) is 19.9 Å². The lowest BCUT2D eigenvalue weighted by atomic mass is 9.87. The topological polar surface area (TPSA) is 69.9 Å². The number of hydrogen-bond donors (Lipinski definition) is 0. The van der Waals surface area contributed by atoms with Gasteiger partial charge in [0.05, 0.1) is 12.2 Å². The van der Waals surface area contributed by atoms with E-state index in [-0.39, 0.29) is 17.4 Å². The van der Waals surface area contributed by atoms with Gasteiger partial charge in [-0.15, -0.1) is 0 Å². The Balaban J connectivity index is 1.71. The predicted octanol–water partition coefficient (Wildman–Crippen LogP) is 1.84. The van der Waals surface area contributed by atoms with Crippen molar-refractivity contribution in [1.29, 1.82) is 0 Å². The van der Waals surface area contributed by atoms with Crippen LogP contribution in [0.2, 0.25) is 0 Å². The van der Waals surface area contributed by atoms with Gasteiger partial charge >= 0.3 is 0 Å². The summed E-state index contributed by atoms with van der Waals surface area (Å²) in [6.07, 6.45) is 5.16. The summed E-state index contributed by atoms with van der Waals surface area (Å²) in [4.78, 5) is 31.1. The number of aryl methyl sites for hydroxylation is 2. The molecule has 0 aliphatic carbocycles. The maximum atomic E-state index is 13.0. The minimum absolute atomic E-state index is 0.0206. The van der Waals surface area contributed by atoms with E-state index in [1.54, 1.807) is 11.8 Å². The van der Waals surface area contributed by atoms with Crippen LogP contribution in [0.15, 0.2) is 4.52 Å². The molecule has 2 fully saturated rings. The minimum atomic E-state index is 0.0206. The first kappa shape index (κ1) is 18.9. The van der Waals surface area contributed by atoms with Gasteiger partial charge in [0.15, 0.2) is 0 Å². The van der Waals surface area contributed by atoms with Gasteiger partial charge < -0.3 is 14.3 Å². The first-order valence-corrected chi connectivity index (χ1v) is 9.51. The lowest BCUT2D eigenvalue weighted by molar-refractivity contribution is -0.131. The van der Waals surface area contributed by atoms with Crippen molar-refractivity contribution in [3.8, 4) is 0 Å². The monoisotopic (exact) mass is 362 g/mol. The summed E-state index contributed by atoms with van der Waals surface area (Å²) in [6.45, 7) is 6.52. The van der Waals surface area contributed by atoms with E-state index >= 15 is 0 Å². The van der Waals surface area contributed by atoms with Gasteiger partial charge in [-0.25, -0.2) is 0 Å². The van der Waals surface area contributed by atoms with E-state index in [2.05, 4.69) is 10.1 Å². The number of aromatic nitrogens is 1. The molecule has 0 aromatic carbocycles. The first-order valence-electron chi connectivity index (χ1n) is 9.51. The number of likely N-dealkylation sites (tertiary alicyclic amines) is 2. The van der Waals surface area contributed by atoms with Crippen LogP contribution in [0.5, 0.6) is 0 Å². The third-order valence-electron chi connectivity index (χ3n) is 6.02. The Morgan fingerprint density at radius 1 is 1.12 bits per heavy atom. The zero-order valence-corrected chi connectivity index (χ0v) is 16.4. The molecule has 26 heavy (non-hydrogen) atoms. The molecule has 2 amide bonds. The Bertz CT molecular complexity index is 665. The van der Waals surface area contributed by atoms with Crippen LogP contribution in [0, 0.1) is 13.8 Å². The van der Waals surface area contributed by atoms with E-state index in [0.717, 1.165) is 51.7 Å². The minimum Gasteiger partial charge on any atom is -0.361 e. The second-order valence-corrected chi connectivity index (χ2v) is 7.88. The summed E-state index contributed by atoms with van der Waals surface area (Å²) in [6, 6.07) is 0. The number of likely N-dealkylation sites (N-methyl/N-ethyl adjacent to an activating group) is 1. The number of rotatable bonds is 3. The smallest absolute Gasteiger partial charge is 0.259 e. The molecule has 3 rings (SSSR count). The van der Waals surface area contributed by atoms with Gasteiger partial charge in [-0.1, -0.05) is 5.16 Å². The average molecular weight is 362 g/mol. The van der Waals surface area contributed by atoms with Crippen LogP contribution in [-0.4, -0.2) is 77.5 Å². The Labute approximate surface area is 155 Å². The third kappa shape index (κ3) is 3.49. The van der Waals surface area contributed by atoms with Gasteiger partial charge in [0.25, 0.3) is 5.91 Å². The van der Waals surface area contributed by atoms with E-state index in [0.29, 0.717) is 23.6 Å². The van der Waals surface area contributed by atoms with E-state index in [4.69, 9.17) is 4.52 Å². The van der Waals surface area contributed by atoms with Crippen molar-refractivity contribution in [2.24, 2.45) is 0 Å². The average Bonchev–Trinajstić information content (AvgIpc) is 3.04. The van der Waals surface area contributed by atoms with Crippen molar-refractivity contribution in [2.45, 2.75) is 51.5 Å². The van der Waals surface area contributed by atoms with E-state index in [1.165, 1.54) is 0 Å². The normalized spacial score (nSPS) is 24.1. The lowest BCUT2D eigenvalue weighted by Gasteiger charge is -2.38. The van der Waals surface area contributed by atoms with Crippen molar-refractivity contribution in [3.05, 3.63) is 17.0 Å². The Hall–Kier alpha value is -1.89. The molecule has 1 aromatic rings. The molecule has 1 atom stereocenters. The van der Waals surface area contributed by atoms with Crippen LogP contribution < -0.4 is 0 Å². The second kappa shape index (κ2) is 7.39. The molecule has 144 valence electrons. The van der Waals surface area contributed by atoms with Crippen LogP contribution in [0.1, 0.15) is 53.9 Å². The number of carbonyl (C=O) groups is 2. The first-order chi connectivity index (χ1) is 12.3. The van der Waals surface area contributed by atoms with Crippen LogP contribution in [-0.2, 0) is 4.79 Å². The molecule has 2 aliphatic rings. The molecular weight excluding hydrogens is 332 g/mol. The van der Waals surface area contributed by atoms with Crippen LogP contribution in [0.25, 0.3) is 0 Å². The second-order valence-electron chi connectivity index (χ2n) is 7.88. The Morgan fingerprint density at radius 3 is 2.42 bits per heavy atom. The molecule has 2 aliphatic heterocycles. The highest BCUT2D eigenvalue weighted by molar-refractivity contribution is 5.96. The highest BCUT2D eigenvalue weighted by Gasteiger charge is 2.43. The Morgan fingerprint density at radius 2 is 1.81 bits per heavy atom. The molecule has 3 heterocycles. The number of nitrogens with zero attached hydrogens (tertiary/aromatic N) is 4. The highest BCUT2D eigenvalue weighted by atomic mass is 16.5. The molecule has 7 heteroatoms. The maximum Gasteiger partial charge on any atom is 0.259 e. The Kier molecular flexibility index (Phi) is 5.37. The quantitative estimate of drug-likeness (QED) is 0.821. The SMILES string of the molecule is Cc1noc(C)c1C(=O)N1CCCC2(CCCN2CC(=O)N(C)C)CC1. The van der Waals surface area contributed by atoms with Crippen LogP contribution in [0.4, 0.5) is 0 Å². The third-order valence-corrected chi connectivity index (χ3v) is 6.02. The maximum absolute atomic E-state index is 13.0. The summed E-state index contributed by atoms with van der Waals surface area (Å²) in [5.74, 6) is 0.761. The lowest BCUT2D eigenvalue weighted by Crippen LogP contribution is -2.48. The molecule has 7 nitrogen and oxygen atoms in total. The standard InChI is InChI=1S/C19H30N4O3/c1-14-17(15(2)26-20-14)18(25)22-10-5-7-19(9-12-22)8-6-11-23(19)13-16(24)21(3)4/h5-13H2,1-4H3. The number of carbonyl (C=O) groups excluding carboxylic acids is 2. The molecular formula is C19H30N4O3. The van der Waals surface area contributed by atoms with Crippen molar-refractivity contribution >= 4 is 11.8 Å². The van der Waals surface area contributed by atoms with Gasteiger partial charge in [-0.2, -0.15) is 0 Å². The van der Waals surface area contributed by atoms with Gasteiger partial charge in [0.2, 0.25) is 5.91 Å². The highest BCUT2D eigenvalue weighted by Crippen LogP contribution is 2.38. The largest absolute Gasteiger partial charge is 0.361 e. The van der Waals surface area contributed by atoms with Gasteiger partial charge in [0, 0.05) is 32.7 Å². The molecule has 0 N–H and O–H groups in total. The van der Waals surface area contributed by atoms with Gasteiger partial charge in [0.1, 0.15) is 11.3 Å².